The number of ether oxygens (including phenoxy) is 2. The number of fused-ring (bicyclic) bond motifs is 1. The van der Waals surface area contributed by atoms with Gasteiger partial charge < -0.3 is 9.47 Å². The fraction of sp³-hybridized carbons (Fsp3) is 0.533. The van der Waals surface area contributed by atoms with Gasteiger partial charge in [-0.05, 0) is 32.9 Å². The average molecular weight is 322 g/mol. The van der Waals surface area contributed by atoms with Crippen LogP contribution in [0.5, 0.6) is 0 Å². The lowest BCUT2D eigenvalue weighted by molar-refractivity contribution is -0.167. The number of rotatable bonds is 4. The number of cyclic esters (lactones) is 1. The van der Waals surface area contributed by atoms with E-state index >= 15 is 0 Å². The van der Waals surface area contributed by atoms with Crippen LogP contribution in [0.25, 0.3) is 0 Å². The zero-order valence-corrected chi connectivity index (χ0v) is 13.5. The topological polar surface area (TPSA) is 77.3 Å². The summed E-state index contributed by atoms with van der Waals surface area (Å²) in [7, 11) is -1.68. The Morgan fingerprint density at radius 2 is 2.05 bits per heavy atom. The van der Waals surface area contributed by atoms with E-state index in [1.54, 1.807) is 12.1 Å². The highest BCUT2D eigenvalue weighted by molar-refractivity contribution is 7.87. The molecule has 6 nitrogen and oxygen atoms in total. The second kappa shape index (κ2) is 5.55. The van der Waals surface area contributed by atoms with Gasteiger partial charge in [0.2, 0.25) is 6.29 Å². The Bertz CT molecular complexity index is 645. The van der Waals surface area contributed by atoms with Crippen LogP contribution in [-0.4, -0.2) is 34.0 Å². The molecule has 0 saturated carbocycles. The van der Waals surface area contributed by atoms with Gasteiger partial charge in [-0.15, -0.1) is 0 Å². The standard InChI is InChI=1S/C15H18N2O4S/c1-4-20-13-12-10(3)16-17-15(12,14(18)21-13)22(19)11-7-5-9(2)6-8-11/h5-8,10,12-13H,4H2,1-3H3/t10-,12-,13-,15-,22-/m1/s1. The van der Waals surface area contributed by atoms with Crippen LogP contribution in [0.3, 0.4) is 0 Å². The van der Waals surface area contributed by atoms with E-state index in [2.05, 4.69) is 10.2 Å². The normalized spacial score (nSPS) is 34.5. The van der Waals surface area contributed by atoms with Gasteiger partial charge in [-0.25, -0.2) is 4.79 Å². The van der Waals surface area contributed by atoms with Gasteiger partial charge in [-0.3, -0.25) is 4.21 Å². The summed E-state index contributed by atoms with van der Waals surface area (Å²) < 4.78 is 23.9. The van der Waals surface area contributed by atoms with Crippen LogP contribution in [0, 0.1) is 12.8 Å². The Morgan fingerprint density at radius 1 is 1.36 bits per heavy atom. The van der Waals surface area contributed by atoms with Gasteiger partial charge in [-0.1, -0.05) is 17.7 Å². The molecule has 22 heavy (non-hydrogen) atoms. The lowest BCUT2D eigenvalue weighted by Gasteiger charge is -2.23. The van der Waals surface area contributed by atoms with E-state index in [-0.39, 0.29) is 6.04 Å². The summed E-state index contributed by atoms with van der Waals surface area (Å²) in [5.74, 6) is -1.09. The molecule has 1 aromatic rings. The van der Waals surface area contributed by atoms with E-state index in [0.29, 0.717) is 11.5 Å². The van der Waals surface area contributed by atoms with Crippen LogP contribution in [0.2, 0.25) is 0 Å². The van der Waals surface area contributed by atoms with Crippen LogP contribution >= 0.6 is 0 Å². The first-order valence-corrected chi connectivity index (χ1v) is 8.39. The van der Waals surface area contributed by atoms with E-state index < -0.39 is 33.8 Å². The Labute approximate surface area is 131 Å². The smallest absolute Gasteiger partial charge is 0.352 e. The minimum Gasteiger partial charge on any atom is -0.433 e. The number of hydrogen-bond acceptors (Lipinski definition) is 6. The third-order valence-electron chi connectivity index (χ3n) is 4.02. The SMILES string of the molecule is CCO[C@@H]1OC(=O)[C@@]2([S@](=O)c3ccc(C)cc3)N=N[C@H](C)[C@H]12. The summed E-state index contributed by atoms with van der Waals surface area (Å²) in [5.41, 5.74) is 1.05. The van der Waals surface area contributed by atoms with Gasteiger partial charge in [0.05, 0.1) is 22.8 Å². The molecule has 2 aliphatic rings. The van der Waals surface area contributed by atoms with Crippen molar-refractivity contribution in [3.05, 3.63) is 29.8 Å². The largest absolute Gasteiger partial charge is 0.433 e. The van der Waals surface area contributed by atoms with E-state index in [9.17, 15) is 9.00 Å². The fourth-order valence-electron chi connectivity index (χ4n) is 2.87. The molecule has 0 aromatic heterocycles. The molecule has 7 heteroatoms. The number of carbonyl (C=O) groups excluding carboxylic acids is 1. The summed E-state index contributed by atoms with van der Waals surface area (Å²) in [4.78, 5) is 11.5. The third kappa shape index (κ3) is 2.11. The van der Waals surface area contributed by atoms with Crippen LogP contribution in [-0.2, 0) is 25.1 Å². The minimum atomic E-state index is -1.68. The molecule has 3 rings (SSSR count). The summed E-state index contributed by atoms with van der Waals surface area (Å²) in [5, 5.41) is 8.18. The van der Waals surface area contributed by atoms with Gasteiger partial charge in [0.15, 0.2) is 0 Å². The lowest BCUT2D eigenvalue weighted by atomic mass is 9.96. The van der Waals surface area contributed by atoms with Crippen molar-refractivity contribution in [3.8, 4) is 0 Å². The van der Waals surface area contributed by atoms with Gasteiger partial charge in [0.25, 0.3) is 4.87 Å². The summed E-state index contributed by atoms with van der Waals surface area (Å²) in [6.07, 6.45) is -0.753. The average Bonchev–Trinajstić information content (AvgIpc) is 2.98. The van der Waals surface area contributed by atoms with Crippen molar-refractivity contribution in [2.24, 2.45) is 16.1 Å². The summed E-state index contributed by atoms with van der Waals surface area (Å²) >= 11 is 0. The Hall–Kier alpha value is -1.60. The first kappa shape index (κ1) is 15.3. The first-order valence-electron chi connectivity index (χ1n) is 7.24. The molecule has 0 aliphatic carbocycles. The van der Waals surface area contributed by atoms with Gasteiger partial charge in [0, 0.05) is 11.5 Å². The Balaban J connectivity index is 2.02. The van der Waals surface area contributed by atoms with Crippen molar-refractivity contribution in [3.63, 3.8) is 0 Å². The maximum absolute atomic E-state index is 13.1. The molecule has 0 bridgehead atoms. The number of aryl methyl sites for hydroxylation is 1. The van der Waals surface area contributed by atoms with Crippen molar-refractivity contribution < 1.29 is 18.5 Å². The molecule has 0 radical (unpaired) electrons. The molecular formula is C15H18N2O4S. The molecule has 0 amide bonds. The number of esters is 1. The number of hydrogen-bond donors (Lipinski definition) is 0. The van der Waals surface area contributed by atoms with Crippen LogP contribution < -0.4 is 0 Å². The second-order valence-corrected chi connectivity index (χ2v) is 7.12. The molecule has 2 aliphatic heterocycles. The van der Waals surface area contributed by atoms with Crippen molar-refractivity contribution in [2.45, 2.75) is 42.9 Å². The van der Waals surface area contributed by atoms with Gasteiger partial charge >= 0.3 is 5.97 Å². The predicted molar refractivity (Wildman–Crippen MR) is 79.6 cm³/mol. The third-order valence-corrected chi connectivity index (χ3v) is 5.80. The monoisotopic (exact) mass is 322 g/mol. The zero-order chi connectivity index (χ0) is 15.9. The molecular weight excluding hydrogens is 304 g/mol. The Morgan fingerprint density at radius 3 is 2.68 bits per heavy atom. The highest BCUT2D eigenvalue weighted by Crippen LogP contribution is 2.47. The molecule has 0 spiro atoms. The minimum absolute atomic E-state index is 0.280. The van der Waals surface area contributed by atoms with E-state index in [0.717, 1.165) is 5.56 Å². The maximum atomic E-state index is 13.1. The van der Waals surface area contributed by atoms with Crippen LogP contribution in [0.15, 0.2) is 39.4 Å². The zero-order valence-electron chi connectivity index (χ0n) is 12.7. The second-order valence-electron chi connectivity index (χ2n) is 5.49. The fourth-order valence-corrected chi connectivity index (χ4v) is 4.49. The number of carbonyl (C=O) groups is 1. The quantitative estimate of drug-likeness (QED) is 0.796. The molecule has 0 unspecified atom stereocenters. The highest BCUT2D eigenvalue weighted by atomic mass is 32.2. The van der Waals surface area contributed by atoms with Crippen LogP contribution in [0.4, 0.5) is 0 Å². The van der Waals surface area contributed by atoms with Crippen molar-refractivity contribution in [1.29, 1.82) is 0 Å². The number of azo groups is 1. The first-order chi connectivity index (χ1) is 10.5. The van der Waals surface area contributed by atoms with Crippen LogP contribution in [0.1, 0.15) is 19.4 Å². The molecule has 5 atom stereocenters. The number of nitrogens with zero attached hydrogens (tertiary/aromatic N) is 2. The molecule has 1 fully saturated rings. The molecule has 1 saturated heterocycles. The molecule has 0 N–H and O–H groups in total. The molecule has 118 valence electrons. The van der Waals surface area contributed by atoms with Gasteiger partial charge in [0.1, 0.15) is 0 Å². The predicted octanol–water partition coefficient (Wildman–Crippen LogP) is 2.19. The molecule has 1 aromatic carbocycles. The van der Waals surface area contributed by atoms with Gasteiger partial charge in [-0.2, -0.15) is 10.2 Å². The summed E-state index contributed by atoms with van der Waals surface area (Å²) in [6, 6.07) is 6.93. The molecule has 2 heterocycles. The number of benzene rings is 1. The Kier molecular flexibility index (Phi) is 3.86. The van der Waals surface area contributed by atoms with Crippen molar-refractivity contribution in [2.75, 3.05) is 6.61 Å². The van der Waals surface area contributed by atoms with E-state index in [4.69, 9.17) is 9.47 Å². The van der Waals surface area contributed by atoms with E-state index in [1.807, 2.05) is 32.9 Å². The highest BCUT2D eigenvalue weighted by Gasteiger charge is 2.68. The maximum Gasteiger partial charge on any atom is 0.352 e. The summed E-state index contributed by atoms with van der Waals surface area (Å²) in [6.45, 7) is 5.99. The lowest BCUT2D eigenvalue weighted by Crippen LogP contribution is -2.45. The van der Waals surface area contributed by atoms with E-state index in [1.165, 1.54) is 0 Å². The van der Waals surface area contributed by atoms with Crippen molar-refractivity contribution >= 4 is 16.8 Å². The van der Waals surface area contributed by atoms with Crippen molar-refractivity contribution in [1.82, 2.24) is 0 Å².